The Labute approximate surface area is 343 Å². The zero-order chi connectivity index (χ0) is 36.5. The van der Waals surface area contributed by atoms with Gasteiger partial charge in [0.1, 0.15) is 6.10 Å². The number of amides is 1. The van der Waals surface area contributed by atoms with Gasteiger partial charge in [-0.05, 0) is 144 Å². The molecule has 53 heavy (non-hydrogen) atoms. The summed E-state index contributed by atoms with van der Waals surface area (Å²) in [5.41, 5.74) is 14.1. The van der Waals surface area contributed by atoms with Gasteiger partial charge in [0, 0.05) is 38.0 Å². The predicted octanol–water partition coefficient (Wildman–Crippen LogP) is 9.66. The van der Waals surface area contributed by atoms with E-state index in [-0.39, 0.29) is 85.5 Å². The van der Waals surface area contributed by atoms with Crippen molar-refractivity contribution >= 4 is 49.1 Å². The highest BCUT2D eigenvalue weighted by Gasteiger charge is 2.59. The second-order valence-corrected chi connectivity index (χ2v) is 18.5. The number of hydrogen-bond donors (Lipinski definition) is 3. The van der Waals surface area contributed by atoms with E-state index in [4.69, 9.17) is 16.2 Å². The number of carbonyl (C=O) groups excluding carboxylic acids is 2. The lowest BCUT2D eigenvalue weighted by atomic mass is 9.47. The molecule has 4 aliphatic rings. The molecule has 3 fully saturated rings. The number of halogens is 3. The van der Waals surface area contributed by atoms with Crippen molar-refractivity contribution in [1.29, 1.82) is 0 Å². The van der Waals surface area contributed by atoms with E-state index in [0.29, 0.717) is 18.5 Å². The van der Waals surface area contributed by atoms with Crippen LogP contribution < -0.4 is 16.8 Å². The van der Waals surface area contributed by atoms with Gasteiger partial charge in [0.25, 0.3) is 0 Å². The Balaban J connectivity index is 0.00000468. The van der Waals surface area contributed by atoms with Crippen LogP contribution in [0, 0.1) is 46.3 Å². The van der Waals surface area contributed by atoms with E-state index >= 15 is 0 Å². The molecule has 5 N–H and O–H groups in total. The molecule has 1 amide bonds. The van der Waals surface area contributed by atoms with Crippen LogP contribution in [0.4, 0.5) is 0 Å². The molecule has 10 heteroatoms. The lowest BCUT2D eigenvalue weighted by Crippen LogP contribution is -2.51. The third kappa shape index (κ3) is 13.8. The van der Waals surface area contributed by atoms with Gasteiger partial charge in [-0.2, -0.15) is 0 Å². The minimum absolute atomic E-state index is 0. The minimum atomic E-state index is -0.223. The summed E-state index contributed by atoms with van der Waals surface area (Å²) < 4.78 is 6.09. The van der Waals surface area contributed by atoms with Crippen LogP contribution in [0.1, 0.15) is 158 Å². The Morgan fingerprint density at radius 3 is 2.23 bits per heavy atom. The van der Waals surface area contributed by atoms with E-state index in [1.54, 1.807) is 5.57 Å². The van der Waals surface area contributed by atoms with E-state index in [2.05, 4.69) is 46.0 Å². The van der Waals surface area contributed by atoms with Gasteiger partial charge in [-0.15, -0.1) is 37.2 Å². The molecule has 312 valence electrons. The van der Waals surface area contributed by atoms with E-state index in [1.807, 2.05) is 18.7 Å². The molecule has 0 bridgehead atoms. The third-order valence-electron chi connectivity index (χ3n) is 14.1. The largest absolute Gasteiger partial charge is 0.462 e. The topological polar surface area (TPSA) is 111 Å². The van der Waals surface area contributed by atoms with Gasteiger partial charge in [-0.3, -0.25) is 9.59 Å². The van der Waals surface area contributed by atoms with Crippen molar-refractivity contribution in [1.82, 2.24) is 10.2 Å². The third-order valence-corrected chi connectivity index (χ3v) is 14.1. The molecular weight excluding hydrogens is 727 g/mol. The molecule has 0 aliphatic heterocycles. The highest BCUT2D eigenvalue weighted by atomic mass is 35.5. The number of unbranched alkanes of at least 4 members (excludes halogenated alkanes) is 1. The lowest BCUT2D eigenvalue weighted by Gasteiger charge is -2.58. The molecular formula is C43H81Cl3N4O3. The van der Waals surface area contributed by atoms with Gasteiger partial charge in [-0.1, -0.05) is 65.5 Å². The molecule has 0 aromatic carbocycles. The summed E-state index contributed by atoms with van der Waals surface area (Å²) in [6.45, 7) is 19.7. The fourth-order valence-electron chi connectivity index (χ4n) is 11.1. The van der Waals surface area contributed by atoms with Crippen LogP contribution in [0.15, 0.2) is 11.6 Å². The SMILES string of the molecule is CC(C)CCCC(C)[C@H]1CC[C@H]2[C@@H]3CC=C4C[C@@H](OC(=O)CCC(=O)N(CCCCNCCC(C)N)CCC(C)N)CC[C@]4(C)[C@H]3CC[C@]12C.Cl.Cl.Cl. The van der Waals surface area contributed by atoms with Crippen molar-refractivity contribution in [3.05, 3.63) is 11.6 Å². The minimum Gasteiger partial charge on any atom is -0.462 e. The molecule has 0 aromatic heterocycles. The second-order valence-electron chi connectivity index (χ2n) is 18.5. The molecule has 7 nitrogen and oxygen atoms in total. The number of ether oxygens (including phenoxy) is 1. The fourth-order valence-corrected chi connectivity index (χ4v) is 11.1. The van der Waals surface area contributed by atoms with Crippen LogP contribution >= 0.6 is 37.2 Å². The van der Waals surface area contributed by atoms with E-state index in [1.165, 1.54) is 51.4 Å². The maximum atomic E-state index is 13.2. The lowest BCUT2D eigenvalue weighted by molar-refractivity contribution is -0.153. The number of carbonyl (C=O) groups is 2. The average molecular weight is 809 g/mol. The zero-order valence-corrected chi connectivity index (χ0v) is 37.1. The van der Waals surface area contributed by atoms with Gasteiger partial charge in [-0.25, -0.2) is 0 Å². The molecule has 0 saturated heterocycles. The molecule has 0 heterocycles. The number of nitrogens with zero attached hydrogens (tertiary/aromatic N) is 1. The summed E-state index contributed by atoms with van der Waals surface area (Å²) in [5, 5.41) is 3.44. The first-order valence-electron chi connectivity index (χ1n) is 21.1. The Bertz CT molecular complexity index is 1120. The number of allylic oxidation sites excluding steroid dienone is 1. The van der Waals surface area contributed by atoms with Gasteiger partial charge >= 0.3 is 5.97 Å². The number of esters is 1. The number of hydrogen-bond acceptors (Lipinski definition) is 6. The van der Waals surface area contributed by atoms with Gasteiger partial charge < -0.3 is 26.4 Å². The first-order valence-corrected chi connectivity index (χ1v) is 21.1. The Hall–Kier alpha value is -0.570. The van der Waals surface area contributed by atoms with Gasteiger partial charge in [0.2, 0.25) is 5.91 Å². The van der Waals surface area contributed by atoms with Crippen molar-refractivity contribution < 1.29 is 14.3 Å². The van der Waals surface area contributed by atoms with Crippen molar-refractivity contribution in [2.45, 2.75) is 176 Å². The average Bonchev–Trinajstić information content (AvgIpc) is 3.41. The summed E-state index contributed by atoms with van der Waals surface area (Å²) in [6, 6.07) is 0.251. The number of nitrogens with two attached hydrogens (primary N) is 2. The van der Waals surface area contributed by atoms with Crippen molar-refractivity contribution in [3.8, 4) is 0 Å². The van der Waals surface area contributed by atoms with Gasteiger partial charge in [0.05, 0.1) is 6.42 Å². The standard InChI is InChI=1S/C43H78N4O3.3ClH/c1-30(2)11-10-12-31(3)37-15-16-38-36-14-13-34-29-35(19-23-42(34,6)39(36)20-24-43(37,38)7)50-41(49)18-17-40(48)47(28-22-33(5)45)27-9-8-25-46-26-21-32(4)44;;;/h13,30-33,35-39,46H,8-12,14-29,44-45H2,1-7H3;3*1H/t31?,32?,33?,35-,36-,37+,38-,39-,42-,43+;;;/m0.../s1. The molecule has 4 rings (SSSR count). The van der Waals surface area contributed by atoms with Crippen LogP contribution in [-0.2, 0) is 14.3 Å². The Morgan fingerprint density at radius 1 is 0.830 bits per heavy atom. The molecule has 0 radical (unpaired) electrons. The zero-order valence-electron chi connectivity index (χ0n) is 34.7. The Kier molecular flexibility index (Phi) is 22.5. The summed E-state index contributed by atoms with van der Waals surface area (Å²) in [5.74, 6) is 4.78. The maximum Gasteiger partial charge on any atom is 0.306 e. The van der Waals surface area contributed by atoms with Crippen molar-refractivity contribution in [3.63, 3.8) is 0 Å². The summed E-state index contributed by atoms with van der Waals surface area (Å²) in [6.07, 6.45) is 20.4. The fraction of sp³-hybridized carbons (Fsp3) is 0.907. The Morgan fingerprint density at radius 2 is 1.55 bits per heavy atom. The molecule has 3 unspecified atom stereocenters. The number of rotatable bonds is 20. The number of nitrogens with one attached hydrogen (secondary N) is 1. The molecule has 4 aliphatic carbocycles. The van der Waals surface area contributed by atoms with Crippen LogP contribution in [-0.4, -0.2) is 61.1 Å². The highest BCUT2D eigenvalue weighted by molar-refractivity contribution is 5.86. The smallest absolute Gasteiger partial charge is 0.306 e. The molecule has 10 atom stereocenters. The maximum absolute atomic E-state index is 13.2. The monoisotopic (exact) mass is 807 g/mol. The highest BCUT2D eigenvalue weighted by Crippen LogP contribution is 2.67. The van der Waals surface area contributed by atoms with E-state index < -0.39 is 0 Å². The van der Waals surface area contributed by atoms with E-state index in [0.717, 1.165) is 93.5 Å². The molecule has 0 spiro atoms. The first-order chi connectivity index (χ1) is 23.7. The summed E-state index contributed by atoms with van der Waals surface area (Å²) in [4.78, 5) is 28.2. The first kappa shape index (κ1) is 50.4. The van der Waals surface area contributed by atoms with Gasteiger partial charge in [0.15, 0.2) is 0 Å². The summed E-state index contributed by atoms with van der Waals surface area (Å²) in [7, 11) is 0. The normalized spacial score (nSPS) is 30.5. The van der Waals surface area contributed by atoms with E-state index in [9.17, 15) is 9.59 Å². The van der Waals surface area contributed by atoms with Crippen molar-refractivity contribution in [2.24, 2.45) is 57.8 Å². The van der Waals surface area contributed by atoms with Crippen LogP contribution in [0.3, 0.4) is 0 Å². The van der Waals surface area contributed by atoms with Crippen molar-refractivity contribution in [2.75, 3.05) is 26.2 Å². The predicted molar refractivity (Wildman–Crippen MR) is 229 cm³/mol. The quantitative estimate of drug-likeness (QED) is 0.0642. The summed E-state index contributed by atoms with van der Waals surface area (Å²) >= 11 is 0. The second kappa shape index (κ2) is 23.6. The number of fused-ring (bicyclic) bond motifs is 5. The molecule has 3 saturated carbocycles. The van der Waals surface area contributed by atoms with Crippen LogP contribution in [0.25, 0.3) is 0 Å². The molecule has 0 aromatic rings. The van der Waals surface area contributed by atoms with Crippen LogP contribution in [0.5, 0.6) is 0 Å². The van der Waals surface area contributed by atoms with Crippen LogP contribution in [0.2, 0.25) is 0 Å².